The van der Waals surface area contributed by atoms with E-state index in [4.69, 9.17) is 4.42 Å². The number of anilines is 1. The van der Waals surface area contributed by atoms with Gasteiger partial charge in [0.2, 0.25) is 5.91 Å². The number of benzene rings is 2. The average Bonchev–Trinajstić information content (AvgIpc) is 3.19. The van der Waals surface area contributed by atoms with E-state index in [2.05, 4.69) is 5.32 Å². The van der Waals surface area contributed by atoms with Crippen molar-refractivity contribution in [3.8, 4) is 0 Å². The molecule has 0 spiro atoms. The maximum absolute atomic E-state index is 14.0. The number of para-hydroxylation sites is 1. The monoisotopic (exact) mass is 437 g/mol. The van der Waals surface area contributed by atoms with Crippen LogP contribution in [0.25, 0.3) is 0 Å². The van der Waals surface area contributed by atoms with Gasteiger partial charge < -0.3 is 19.5 Å². The molecule has 1 aromatic heterocycles. The Hall–Kier alpha value is -3.61. The van der Waals surface area contributed by atoms with Gasteiger partial charge in [0.25, 0.3) is 0 Å². The van der Waals surface area contributed by atoms with E-state index in [1.165, 1.54) is 17.0 Å². The Morgan fingerprint density at radius 2 is 1.66 bits per heavy atom. The predicted octanol–water partition coefficient (Wildman–Crippen LogP) is 5.20. The van der Waals surface area contributed by atoms with Crippen LogP contribution >= 0.6 is 0 Å². The maximum Gasteiger partial charge on any atom is 0.322 e. The number of halogens is 1. The quantitative estimate of drug-likeness (QED) is 0.500. The fraction of sp³-hybridized carbons (Fsp3) is 0.280. The fourth-order valence-corrected chi connectivity index (χ4v) is 3.34. The van der Waals surface area contributed by atoms with Crippen LogP contribution in [0.4, 0.5) is 14.9 Å². The molecule has 0 aliphatic heterocycles. The first-order valence-corrected chi connectivity index (χ1v) is 10.6. The van der Waals surface area contributed by atoms with Gasteiger partial charge in [0.05, 0.1) is 12.2 Å². The summed E-state index contributed by atoms with van der Waals surface area (Å²) in [6, 6.07) is 18.8. The van der Waals surface area contributed by atoms with E-state index in [-0.39, 0.29) is 24.7 Å². The van der Waals surface area contributed by atoms with Gasteiger partial charge in [0, 0.05) is 13.1 Å². The van der Waals surface area contributed by atoms with Crippen LogP contribution in [0.5, 0.6) is 0 Å². The number of nitrogens with zero attached hydrogens (tertiary/aromatic N) is 2. The summed E-state index contributed by atoms with van der Waals surface area (Å²) in [6.45, 7) is 4.68. The molecule has 7 heteroatoms. The number of hydrogen-bond acceptors (Lipinski definition) is 3. The van der Waals surface area contributed by atoms with Gasteiger partial charge in [-0.1, -0.05) is 49.4 Å². The molecule has 32 heavy (non-hydrogen) atoms. The minimum atomic E-state index is -0.525. The number of carbonyl (C=O) groups is 2. The molecule has 0 atom stereocenters. The molecular formula is C25H28FN3O3. The number of rotatable bonds is 9. The lowest BCUT2D eigenvalue weighted by atomic mass is 10.2. The average molecular weight is 438 g/mol. The van der Waals surface area contributed by atoms with Gasteiger partial charge in [-0.25, -0.2) is 9.18 Å². The highest BCUT2D eigenvalue weighted by Gasteiger charge is 2.23. The fourth-order valence-electron chi connectivity index (χ4n) is 3.34. The zero-order valence-corrected chi connectivity index (χ0v) is 18.4. The number of urea groups is 1. The number of furan rings is 1. The molecule has 6 nitrogen and oxygen atoms in total. The molecule has 168 valence electrons. The van der Waals surface area contributed by atoms with E-state index < -0.39 is 11.8 Å². The summed E-state index contributed by atoms with van der Waals surface area (Å²) in [6.07, 6.45) is 0.661. The number of aryl methyl sites for hydroxylation is 1. The second-order valence-corrected chi connectivity index (χ2v) is 7.58. The Labute approximate surface area is 187 Å². The maximum atomic E-state index is 14.0. The smallest absolute Gasteiger partial charge is 0.322 e. The zero-order chi connectivity index (χ0) is 22.9. The van der Waals surface area contributed by atoms with Gasteiger partial charge >= 0.3 is 6.03 Å². The second-order valence-electron chi connectivity index (χ2n) is 7.58. The highest BCUT2D eigenvalue weighted by Crippen LogP contribution is 2.16. The summed E-state index contributed by atoms with van der Waals surface area (Å²) in [5.74, 6) is 0.691. The lowest BCUT2D eigenvalue weighted by molar-refractivity contribution is -0.133. The van der Waals surface area contributed by atoms with Crippen LogP contribution in [0, 0.1) is 12.7 Å². The van der Waals surface area contributed by atoms with Gasteiger partial charge in [-0.05, 0) is 43.2 Å². The SMILES string of the molecule is CCCN(CC(=O)N(Cc1ccccc1)Cc1ccc(C)o1)C(=O)Nc1ccccc1F. The lowest BCUT2D eigenvalue weighted by Crippen LogP contribution is -2.44. The highest BCUT2D eigenvalue weighted by atomic mass is 19.1. The van der Waals surface area contributed by atoms with E-state index in [0.717, 1.165) is 11.3 Å². The van der Waals surface area contributed by atoms with E-state index in [9.17, 15) is 14.0 Å². The van der Waals surface area contributed by atoms with E-state index in [1.807, 2.05) is 56.3 Å². The van der Waals surface area contributed by atoms with E-state index in [0.29, 0.717) is 25.3 Å². The number of nitrogens with one attached hydrogen (secondary N) is 1. The van der Waals surface area contributed by atoms with Gasteiger partial charge in [0.1, 0.15) is 23.9 Å². The first kappa shape index (κ1) is 23.1. The van der Waals surface area contributed by atoms with Crippen LogP contribution in [0.15, 0.2) is 71.1 Å². The van der Waals surface area contributed by atoms with Crippen molar-refractivity contribution in [2.45, 2.75) is 33.4 Å². The van der Waals surface area contributed by atoms with Crippen molar-refractivity contribution in [3.05, 3.63) is 89.6 Å². The van der Waals surface area contributed by atoms with E-state index in [1.54, 1.807) is 17.0 Å². The molecule has 0 aliphatic rings. The van der Waals surface area contributed by atoms with Crippen LogP contribution < -0.4 is 5.32 Å². The van der Waals surface area contributed by atoms with Crippen molar-refractivity contribution in [2.24, 2.45) is 0 Å². The Balaban J connectivity index is 1.74. The number of carbonyl (C=O) groups excluding carboxylic acids is 2. The Morgan fingerprint density at radius 1 is 0.938 bits per heavy atom. The molecule has 2 aromatic carbocycles. The lowest BCUT2D eigenvalue weighted by Gasteiger charge is -2.27. The molecule has 1 N–H and O–H groups in total. The standard InChI is InChI=1S/C25H28FN3O3/c1-3-15-28(25(31)27-23-12-8-7-11-22(23)26)18-24(30)29(16-20-9-5-4-6-10-20)17-21-14-13-19(2)32-21/h4-14H,3,15-18H2,1-2H3,(H,27,31). The number of amides is 3. The molecule has 3 rings (SSSR count). The van der Waals surface area contributed by atoms with Crippen molar-refractivity contribution >= 4 is 17.6 Å². The van der Waals surface area contributed by atoms with Crippen molar-refractivity contribution in [1.82, 2.24) is 9.80 Å². The van der Waals surface area contributed by atoms with Gasteiger partial charge in [-0.3, -0.25) is 4.79 Å². The molecule has 3 amide bonds. The molecule has 0 radical (unpaired) electrons. The van der Waals surface area contributed by atoms with Crippen LogP contribution in [0.1, 0.15) is 30.4 Å². The third-order valence-corrected chi connectivity index (χ3v) is 4.93. The van der Waals surface area contributed by atoms with Gasteiger partial charge in [-0.2, -0.15) is 0 Å². The molecule has 0 fully saturated rings. The minimum absolute atomic E-state index is 0.0817. The summed E-state index contributed by atoms with van der Waals surface area (Å²) in [4.78, 5) is 29.1. The van der Waals surface area contributed by atoms with Crippen molar-refractivity contribution in [3.63, 3.8) is 0 Å². The summed E-state index contributed by atoms with van der Waals surface area (Å²) in [5.41, 5.74) is 1.06. The Morgan fingerprint density at radius 3 is 2.31 bits per heavy atom. The normalized spacial score (nSPS) is 10.6. The third kappa shape index (κ3) is 6.44. The van der Waals surface area contributed by atoms with Crippen molar-refractivity contribution in [2.75, 3.05) is 18.4 Å². The highest BCUT2D eigenvalue weighted by molar-refractivity contribution is 5.92. The zero-order valence-electron chi connectivity index (χ0n) is 18.4. The summed E-state index contributed by atoms with van der Waals surface area (Å²) in [5, 5.41) is 2.56. The predicted molar refractivity (Wildman–Crippen MR) is 121 cm³/mol. The Kier molecular flexibility index (Phi) is 8.02. The van der Waals surface area contributed by atoms with Crippen LogP contribution in [-0.4, -0.2) is 34.8 Å². The largest absolute Gasteiger partial charge is 0.464 e. The topological polar surface area (TPSA) is 65.8 Å². The Bertz CT molecular complexity index is 1040. The third-order valence-electron chi connectivity index (χ3n) is 4.93. The minimum Gasteiger partial charge on any atom is -0.464 e. The first-order valence-electron chi connectivity index (χ1n) is 10.6. The van der Waals surface area contributed by atoms with E-state index >= 15 is 0 Å². The summed E-state index contributed by atoms with van der Waals surface area (Å²) < 4.78 is 19.6. The first-order chi connectivity index (χ1) is 15.5. The van der Waals surface area contributed by atoms with Crippen LogP contribution in [0.3, 0.4) is 0 Å². The molecule has 1 heterocycles. The van der Waals surface area contributed by atoms with Crippen LogP contribution in [0.2, 0.25) is 0 Å². The van der Waals surface area contributed by atoms with Gasteiger partial charge in [-0.15, -0.1) is 0 Å². The number of hydrogen-bond donors (Lipinski definition) is 1. The molecule has 3 aromatic rings. The summed E-state index contributed by atoms with van der Waals surface area (Å²) in [7, 11) is 0. The second kappa shape index (κ2) is 11.1. The van der Waals surface area contributed by atoms with Crippen LogP contribution in [-0.2, 0) is 17.9 Å². The molecular weight excluding hydrogens is 409 g/mol. The molecule has 0 unspecified atom stereocenters. The molecule has 0 saturated carbocycles. The summed E-state index contributed by atoms with van der Waals surface area (Å²) >= 11 is 0. The molecule has 0 bridgehead atoms. The molecule has 0 saturated heterocycles. The van der Waals surface area contributed by atoms with Crippen molar-refractivity contribution < 1.29 is 18.4 Å². The van der Waals surface area contributed by atoms with Gasteiger partial charge in [0.15, 0.2) is 0 Å². The molecule has 0 aliphatic carbocycles. The van der Waals surface area contributed by atoms with Crippen molar-refractivity contribution in [1.29, 1.82) is 0 Å².